The number of sulfonamides is 2. The van der Waals surface area contributed by atoms with Gasteiger partial charge in [-0.1, -0.05) is 18.2 Å². The van der Waals surface area contributed by atoms with Crippen LogP contribution in [0.25, 0.3) is 0 Å². The smallest absolute Gasteiger partial charge is 0.254 e. The molecule has 0 aromatic heterocycles. The first-order chi connectivity index (χ1) is 14.9. The largest absolute Gasteiger partial charge is 0.336 e. The summed E-state index contributed by atoms with van der Waals surface area (Å²) in [5.41, 5.74) is 2.52. The Bertz CT molecular complexity index is 1250. The maximum absolute atomic E-state index is 13.1. The fourth-order valence-corrected chi connectivity index (χ4v) is 6.29. The summed E-state index contributed by atoms with van der Waals surface area (Å²) in [6, 6.07) is 9.83. The van der Waals surface area contributed by atoms with Crippen molar-refractivity contribution in [2.75, 3.05) is 40.3 Å². The second kappa shape index (κ2) is 8.93. The summed E-state index contributed by atoms with van der Waals surface area (Å²) < 4.78 is 53.7. The highest BCUT2D eigenvalue weighted by atomic mass is 32.2. The summed E-state index contributed by atoms with van der Waals surface area (Å²) in [5.74, 6) is -0.304. The second-order valence-electron chi connectivity index (χ2n) is 8.23. The van der Waals surface area contributed by atoms with Crippen molar-refractivity contribution in [2.24, 2.45) is 0 Å². The van der Waals surface area contributed by atoms with E-state index in [0.717, 1.165) is 9.87 Å². The molecule has 1 amide bonds. The van der Waals surface area contributed by atoms with Crippen LogP contribution < -0.4 is 0 Å². The molecule has 0 N–H and O–H groups in total. The number of hydrogen-bond acceptors (Lipinski definition) is 5. The zero-order valence-corrected chi connectivity index (χ0v) is 20.6. The SMILES string of the molecule is Cc1ccc(C)c(S(=O)(=O)N2CCN(C(=O)c3cc(S(=O)(=O)N(C)C)ccc3C)CC2)c1. The molecule has 174 valence electrons. The van der Waals surface area contributed by atoms with Gasteiger partial charge in [0, 0.05) is 45.8 Å². The van der Waals surface area contributed by atoms with Crippen LogP contribution in [0, 0.1) is 20.8 Å². The molecule has 1 fully saturated rings. The van der Waals surface area contributed by atoms with Crippen molar-refractivity contribution in [1.82, 2.24) is 13.5 Å². The minimum absolute atomic E-state index is 0.0487. The van der Waals surface area contributed by atoms with Crippen LogP contribution in [0.15, 0.2) is 46.2 Å². The molecule has 2 aromatic carbocycles. The standard InChI is InChI=1S/C22H29N3O5S2/c1-16-6-7-18(3)21(14-16)32(29,30)25-12-10-24(11-13-25)22(26)20-15-19(9-8-17(20)2)31(27,28)23(4)5/h6-9,14-15H,10-13H2,1-5H3. The molecular formula is C22H29N3O5S2. The Hall–Kier alpha value is -2.27. The lowest BCUT2D eigenvalue weighted by atomic mass is 10.1. The number of piperazine rings is 1. The van der Waals surface area contributed by atoms with Crippen molar-refractivity contribution in [3.8, 4) is 0 Å². The van der Waals surface area contributed by atoms with Gasteiger partial charge >= 0.3 is 0 Å². The number of carbonyl (C=O) groups excluding carboxylic acids is 1. The van der Waals surface area contributed by atoms with E-state index in [9.17, 15) is 21.6 Å². The van der Waals surface area contributed by atoms with Crippen LogP contribution in [0.1, 0.15) is 27.0 Å². The van der Waals surface area contributed by atoms with Crippen molar-refractivity contribution in [3.05, 3.63) is 58.7 Å². The van der Waals surface area contributed by atoms with E-state index in [2.05, 4.69) is 0 Å². The molecule has 1 aliphatic heterocycles. The van der Waals surface area contributed by atoms with Crippen LogP contribution >= 0.6 is 0 Å². The zero-order chi connectivity index (χ0) is 23.8. The molecule has 0 saturated carbocycles. The van der Waals surface area contributed by atoms with Crippen LogP contribution in [0.2, 0.25) is 0 Å². The lowest BCUT2D eigenvalue weighted by Crippen LogP contribution is -2.50. The average Bonchev–Trinajstić information content (AvgIpc) is 2.75. The van der Waals surface area contributed by atoms with Crippen molar-refractivity contribution in [1.29, 1.82) is 0 Å². The third-order valence-electron chi connectivity index (χ3n) is 5.71. The molecule has 0 spiro atoms. The Morgan fingerprint density at radius 1 is 0.844 bits per heavy atom. The van der Waals surface area contributed by atoms with Gasteiger partial charge < -0.3 is 4.90 Å². The van der Waals surface area contributed by atoms with Gasteiger partial charge in [0.25, 0.3) is 5.91 Å². The number of aryl methyl sites for hydroxylation is 3. The molecule has 1 aliphatic rings. The summed E-state index contributed by atoms with van der Waals surface area (Å²) in [5, 5.41) is 0. The van der Waals surface area contributed by atoms with Gasteiger partial charge in [-0.2, -0.15) is 4.31 Å². The summed E-state index contributed by atoms with van der Waals surface area (Å²) in [6.45, 7) is 6.18. The van der Waals surface area contributed by atoms with Crippen LogP contribution in [-0.2, 0) is 20.0 Å². The molecule has 0 aliphatic carbocycles. The van der Waals surface area contributed by atoms with Gasteiger partial charge in [-0.25, -0.2) is 21.1 Å². The number of rotatable bonds is 5. The number of hydrogen-bond donors (Lipinski definition) is 0. The Morgan fingerprint density at radius 3 is 2.03 bits per heavy atom. The van der Waals surface area contributed by atoms with Gasteiger partial charge in [0.2, 0.25) is 20.0 Å². The molecule has 0 unspecified atom stereocenters. The van der Waals surface area contributed by atoms with Crippen LogP contribution in [-0.4, -0.2) is 76.5 Å². The topological polar surface area (TPSA) is 95.1 Å². The first-order valence-corrected chi connectivity index (χ1v) is 13.1. The number of carbonyl (C=O) groups is 1. The van der Waals surface area contributed by atoms with E-state index in [-0.39, 0.29) is 41.9 Å². The Morgan fingerprint density at radius 2 is 1.44 bits per heavy atom. The monoisotopic (exact) mass is 479 g/mol. The molecule has 1 saturated heterocycles. The van der Waals surface area contributed by atoms with Gasteiger partial charge in [0.15, 0.2) is 0 Å². The molecule has 8 nitrogen and oxygen atoms in total. The third-order valence-corrected chi connectivity index (χ3v) is 9.56. The van der Waals surface area contributed by atoms with Gasteiger partial charge in [-0.15, -0.1) is 0 Å². The van der Waals surface area contributed by atoms with Crippen molar-refractivity contribution < 1.29 is 21.6 Å². The molecule has 10 heteroatoms. The lowest BCUT2D eigenvalue weighted by Gasteiger charge is -2.34. The Kier molecular flexibility index (Phi) is 6.80. The maximum Gasteiger partial charge on any atom is 0.254 e. The van der Waals surface area contributed by atoms with Crippen molar-refractivity contribution >= 4 is 26.0 Å². The molecule has 1 heterocycles. The first kappa shape index (κ1) is 24.4. The van der Waals surface area contributed by atoms with E-state index >= 15 is 0 Å². The van der Waals surface area contributed by atoms with Crippen LogP contribution in [0.3, 0.4) is 0 Å². The van der Waals surface area contributed by atoms with E-state index in [1.807, 2.05) is 13.0 Å². The molecule has 3 rings (SSSR count). The third kappa shape index (κ3) is 4.59. The van der Waals surface area contributed by atoms with Crippen molar-refractivity contribution in [3.63, 3.8) is 0 Å². The van der Waals surface area contributed by atoms with Gasteiger partial charge in [0.1, 0.15) is 0 Å². The molecular weight excluding hydrogens is 450 g/mol. The van der Waals surface area contributed by atoms with Gasteiger partial charge in [-0.3, -0.25) is 4.79 Å². The number of benzene rings is 2. The quantitative estimate of drug-likeness (QED) is 0.654. The maximum atomic E-state index is 13.1. The van der Waals surface area contributed by atoms with E-state index in [0.29, 0.717) is 16.7 Å². The molecule has 0 atom stereocenters. The van der Waals surface area contributed by atoms with E-state index in [1.165, 1.54) is 30.5 Å². The summed E-state index contributed by atoms with van der Waals surface area (Å²) >= 11 is 0. The minimum Gasteiger partial charge on any atom is -0.336 e. The molecule has 2 aromatic rings. The van der Waals surface area contributed by atoms with Crippen LogP contribution in [0.5, 0.6) is 0 Å². The summed E-state index contributed by atoms with van der Waals surface area (Å²) in [4.78, 5) is 15.1. The highest BCUT2D eigenvalue weighted by molar-refractivity contribution is 7.89. The highest BCUT2D eigenvalue weighted by Crippen LogP contribution is 2.24. The second-order valence-corrected chi connectivity index (χ2v) is 12.3. The number of nitrogens with zero attached hydrogens (tertiary/aromatic N) is 3. The predicted molar refractivity (Wildman–Crippen MR) is 123 cm³/mol. The van der Waals surface area contributed by atoms with Crippen molar-refractivity contribution in [2.45, 2.75) is 30.6 Å². The fraction of sp³-hybridized carbons (Fsp3) is 0.409. The molecule has 0 bridgehead atoms. The summed E-state index contributed by atoms with van der Waals surface area (Å²) in [6.07, 6.45) is 0. The van der Waals surface area contributed by atoms with E-state index in [1.54, 1.807) is 36.9 Å². The average molecular weight is 480 g/mol. The lowest BCUT2D eigenvalue weighted by molar-refractivity contribution is 0.0697. The van der Waals surface area contributed by atoms with Crippen LogP contribution in [0.4, 0.5) is 0 Å². The zero-order valence-electron chi connectivity index (χ0n) is 19.0. The number of amides is 1. The molecule has 32 heavy (non-hydrogen) atoms. The fourth-order valence-electron chi connectivity index (χ4n) is 3.63. The Labute approximate surface area is 190 Å². The highest BCUT2D eigenvalue weighted by Gasteiger charge is 2.32. The van der Waals surface area contributed by atoms with E-state index in [4.69, 9.17) is 0 Å². The normalized spacial score (nSPS) is 15.9. The Balaban J connectivity index is 1.80. The van der Waals surface area contributed by atoms with Gasteiger partial charge in [-0.05, 0) is 55.7 Å². The predicted octanol–water partition coefficient (Wildman–Crippen LogP) is 2.01. The van der Waals surface area contributed by atoms with E-state index < -0.39 is 20.0 Å². The minimum atomic E-state index is -3.67. The first-order valence-electron chi connectivity index (χ1n) is 10.3. The molecule has 0 radical (unpaired) electrons. The van der Waals surface area contributed by atoms with Gasteiger partial charge in [0.05, 0.1) is 9.79 Å². The summed E-state index contributed by atoms with van der Waals surface area (Å²) in [7, 11) is -4.46.